The first-order valence-corrected chi connectivity index (χ1v) is 9.85. The van der Waals surface area contributed by atoms with Crippen LogP contribution in [0.1, 0.15) is 71.6 Å². The maximum Gasteiger partial charge on any atom is 0.228 e. The molecule has 4 aliphatic carbocycles. The number of nitrogens with zero attached hydrogens (tertiary/aromatic N) is 1. The molecule has 3 unspecified atom stereocenters. The molecule has 5 fully saturated rings. The molecule has 1 amide bonds. The number of hydrogen-bond acceptors (Lipinski definition) is 2. The van der Waals surface area contributed by atoms with E-state index in [9.17, 15) is 4.79 Å². The Balaban J connectivity index is 0.00000169. The molecule has 1 saturated heterocycles. The van der Waals surface area contributed by atoms with Gasteiger partial charge in [0.25, 0.3) is 0 Å². The molecule has 138 valence electrons. The summed E-state index contributed by atoms with van der Waals surface area (Å²) in [6.45, 7) is 7.64. The molecule has 0 spiro atoms. The molecule has 4 saturated carbocycles. The van der Waals surface area contributed by atoms with Gasteiger partial charge in [0.15, 0.2) is 0 Å². The van der Waals surface area contributed by atoms with E-state index in [0.29, 0.717) is 22.7 Å². The first kappa shape index (κ1) is 18.5. The van der Waals surface area contributed by atoms with E-state index >= 15 is 0 Å². The summed E-state index contributed by atoms with van der Waals surface area (Å²) in [5, 5.41) is 0. The highest BCUT2D eigenvalue weighted by Gasteiger charge is 2.63. The molecule has 0 aromatic carbocycles. The van der Waals surface area contributed by atoms with E-state index < -0.39 is 0 Å². The normalized spacial score (nSPS) is 46.7. The summed E-state index contributed by atoms with van der Waals surface area (Å²) in [4.78, 5) is 15.8. The van der Waals surface area contributed by atoms with Gasteiger partial charge in [-0.05, 0) is 87.0 Å². The van der Waals surface area contributed by atoms with E-state index in [2.05, 4.69) is 18.7 Å². The zero-order valence-electron chi connectivity index (χ0n) is 15.5. The summed E-state index contributed by atoms with van der Waals surface area (Å²) in [5.41, 5.74) is 6.59. The lowest BCUT2D eigenvalue weighted by Crippen LogP contribution is -2.61. The van der Waals surface area contributed by atoms with Gasteiger partial charge < -0.3 is 10.6 Å². The summed E-state index contributed by atoms with van der Waals surface area (Å²) in [6, 6.07) is 0. The Morgan fingerprint density at radius 2 is 1.79 bits per heavy atom. The van der Waals surface area contributed by atoms with Crippen LogP contribution in [-0.4, -0.2) is 30.4 Å². The quantitative estimate of drug-likeness (QED) is 0.832. The van der Waals surface area contributed by atoms with Crippen molar-refractivity contribution in [1.82, 2.24) is 4.90 Å². The number of carbonyl (C=O) groups excluding carboxylic acids is 1. The fourth-order valence-corrected chi connectivity index (χ4v) is 7.74. The Morgan fingerprint density at radius 3 is 2.38 bits per heavy atom. The van der Waals surface area contributed by atoms with E-state index in [1.807, 2.05) is 0 Å². The lowest BCUT2D eigenvalue weighted by atomic mass is 9.40. The minimum Gasteiger partial charge on any atom is -0.342 e. The van der Waals surface area contributed by atoms with Gasteiger partial charge in [-0.25, -0.2) is 0 Å². The number of hydrogen-bond donors (Lipinski definition) is 1. The Kier molecular flexibility index (Phi) is 4.75. The Hall–Kier alpha value is -0.280. The Morgan fingerprint density at radius 1 is 1.12 bits per heavy atom. The van der Waals surface area contributed by atoms with Crippen molar-refractivity contribution in [3.8, 4) is 0 Å². The number of amides is 1. The van der Waals surface area contributed by atoms with Gasteiger partial charge in [-0.3, -0.25) is 4.79 Å². The summed E-state index contributed by atoms with van der Waals surface area (Å²) in [7, 11) is 0. The van der Waals surface area contributed by atoms with E-state index in [0.717, 1.165) is 44.8 Å². The number of piperidine rings is 1. The molecule has 24 heavy (non-hydrogen) atoms. The average molecular weight is 355 g/mol. The molecule has 1 heterocycles. The van der Waals surface area contributed by atoms with Gasteiger partial charge in [0.2, 0.25) is 5.91 Å². The monoisotopic (exact) mass is 354 g/mol. The second-order valence-corrected chi connectivity index (χ2v) is 10.2. The predicted octanol–water partition coefficient (Wildman–Crippen LogP) is 3.99. The third-order valence-corrected chi connectivity index (χ3v) is 7.46. The maximum absolute atomic E-state index is 13.6. The van der Waals surface area contributed by atoms with Crippen LogP contribution in [0.4, 0.5) is 0 Å². The van der Waals surface area contributed by atoms with Gasteiger partial charge in [0.05, 0.1) is 5.41 Å². The Labute approximate surface area is 153 Å². The smallest absolute Gasteiger partial charge is 0.228 e. The van der Waals surface area contributed by atoms with Crippen molar-refractivity contribution in [3.05, 3.63) is 0 Å². The summed E-state index contributed by atoms with van der Waals surface area (Å²) < 4.78 is 0. The number of carbonyl (C=O) groups is 1. The van der Waals surface area contributed by atoms with Gasteiger partial charge in [-0.1, -0.05) is 13.8 Å². The van der Waals surface area contributed by atoms with Crippen LogP contribution in [0.5, 0.6) is 0 Å². The molecule has 5 rings (SSSR count). The Bertz CT molecular complexity index is 488. The summed E-state index contributed by atoms with van der Waals surface area (Å²) in [6.07, 6.45) is 11.1. The first-order chi connectivity index (χ1) is 10.9. The predicted molar refractivity (Wildman–Crippen MR) is 100 cm³/mol. The van der Waals surface area contributed by atoms with Crippen molar-refractivity contribution in [2.24, 2.45) is 33.8 Å². The molecule has 1 aliphatic heterocycles. The number of halogens is 1. The van der Waals surface area contributed by atoms with Crippen LogP contribution < -0.4 is 5.73 Å². The third kappa shape index (κ3) is 3.00. The van der Waals surface area contributed by atoms with Gasteiger partial charge in [-0.2, -0.15) is 0 Å². The molecular formula is C20H35ClN2O. The highest BCUT2D eigenvalue weighted by molar-refractivity contribution is 5.85. The first-order valence-electron chi connectivity index (χ1n) is 9.85. The fourth-order valence-electron chi connectivity index (χ4n) is 7.74. The van der Waals surface area contributed by atoms with Crippen LogP contribution in [0.25, 0.3) is 0 Å². The van der Waals surface area contributed by atoms with Crippen LogP contribution in [-0.2, 0) is 4.79 Å². The zero-order valence-corrected chi connectivity index (χ0v) is 16.3. The van der Waals surface area contributed by atoms with Crippen LogP contribution >= 0.6 is 12.4 Å². The molecule has 3 nitrogen and oxygen atoms in total. The van der Waals surface area contributed by atoms with Crippen LogP contribution in [0.3, 0.4) is 0 Å². The number of nitrogens with two attached hydrogens (primary N) is 1. The lowest BCUT2D eigenvalue weighted by molar-refractivity contribution is -0.180. The van der Waals surface area contributed by atoms with Gasteiger partial charge >= 0.3 is 0 Å². The largest absolute Gasteiger partial charge is 0.342 e. The highest BCUT2D eigenvalue weighted by atomic mass is 35.5. The summed E-state index contributed by atoms with van der Waals surface area (Å²) >= 11 is 0. The van der Waals surface area contributed by atoms with E-state index in [1.54, 1.807) is 0 Å². The lowest BCUT2D eigenvalue weighted by Gasteiger charge is -2.65. The second kappa shape index (κ2) is 6.16. The molecule has 4 bridgehead atoms. The van der Waals surface area contributed by atoms with E-state index in [-0.39, 0.29) is 17.8 Å². The summed E-state index contributed by atoms with van der Waals surface area (Å²) in [5.74, 6) is 1.95. The van der Waals surface area contributed by atoms with Crippen molar-refractivity contribution in [2.45, 2.75) is 71.6 Å². The van der Waals surface area contributed by atoms with Crippen LogP contribution in [0, 0.1) is 28.1 Å². The second-order valence-electron chi connectivity index (χ2n) is 10.2. The number of likely N-dealkylation sites (tertiary alicyclic amines) is 1. The topological polar surface area (TPSA) is 46.3 Å². The maximum atomic E-state index is 13.6. The van der Waals surface area contributed by atoms with Crippen molar-refractivity contribution in [3.63, 3.8) is 0 Å². The van der Waals surface area contributed by atoms with E-state index in [4.69, 9.17) is 5.73 Å². The van der Waals surface area contributed by atoms with Gasteiger partial charge in [-0.15, -0.1) is 12.4 Å². The van der Waals surface area contributed by atoms with Crippen LogP contribution in [0.2, 0.25) is 0 Å². The van der Waals surface area contributed by atoms with Gasteiger partial charge in [0.1, 0.15) is 0 Å². The molecular weight excluding hydrogens is 320 g/mol. The van der Waals surface area contributed by atoms with Crippen molar-refractivity contribution >= 4 is 18.3 Å². The molecule has 5 aliphatic rings. The standard InChI is InChI=1S/C20H34N2O.ClH/c1-18-8-16-9-19(2,12-18)14-20(10-16,13-18)17(23)22-7-3-4-15(11-22)5-6-21;/h15-16H,3-14,21H2,1-2H3;1H. The molecule has 0 aromatic rings. The van der Waals surface area contributed by atoms with Crippen LogP contribution in [0.15, 0.2) is 0 Å². The molecule has 3 atom stereocenters. The SMILES string of the molecule is CC12CC3CC(C)(C1)CC(C(=O)N1CCCC(CCN)C1)(C3)C2.Cl. The van der Waals surface area contributed by atoms with Crippen molar-refractivity contribution in [2.75, 3.05) is 19.6 Å². The molecule has 4 heteroatoms. The minimum atomic E-state index is -0.0203. The van der Waals surface area contributed by atoms with Crippen molar-refractivity contribution < 1.29 is 4.79 Å². The fraction of sp³-hybridized carbons (Fsp3) is 0.950. The van der Waals surface area contributed by atoms with Crippen molar-refractivity contribution in [1.29, 1.82) is 0 Å². The van der Waals surface area contributed by atoms with Gasteiger partial charge in [0, 0.05) is 13.1 Å². The zero-order chi connectivity index (χ0) is 16.3. The number of rotatable bonds is 3. The minimum absolute atomic E-state index is 0. The van der Waals surface area contributed by atoms with E-state index in [1.165, 1.54) is 38.5 Å². The average Bonchev–Trinajstić information content (AvgIpc) is 2.43. The molecule has 0 aromatic heterocycles. The molecule has 2 N–H and O–H groups in total. The molecule has 0 radical (unpaired) electrons. The highest BCUT2D eigenvalue weighted by Crippen LogP contribution is 2.69. The third-order valence-electron chi connectivity index (χ3n) is 7.46.